The highest BCUT2D eigenvalue weighted by Crippen LogP contribution is 2.27. The van der Waals surface area contributed by atoms with Gasteiger partial charge in [-0.15, -0.1) is 0 Å². The molecule has 5 atom stereocenters. The van der Waals surface area contributed by atoms with E-state index in [-0.39, 0.29) is 31.2 Å². The highest BCUT2D eigenvalue weighted by molar-refractivity contribution is 5.66. The summed E-state index contributed by atoms with van der Waals surface area (Å²) in [4.78, 5) is 11.0. The monoisotopic (exact) mass is 669 g/mol. The maximum Gasteiger partial charge on any atom is 0.303 e. The highest BCUT2D eigenvalue weighted by atomic mass is 16.4. The van der Waals surface area contributed by atoms with Crippen LogP contribution in [0.15, 0.2) is 77.9 Å². The summed E-state index contributed by atoms with van der Waals surface area (Å²) in [7, 11) is 0. The summed E-state index contributed by atoms with van der Waals surface area (Å²) in [5, 5.41) is 75.7. The standard InChI is InChI=1S/C39H59NO8/c1-3-4-15-36(44)37(45)24-21-31(20-17-29-12-8-7-9-13-29)34(25-33(43)27-41)35(14-10-5-6-11-16-38(46)47)40-28-39(2,48)26-30-18-22-32(42)23-19-30/h7-9,12-13,18-19,21-24,33,35-37,40-45,48H,3-6,10-11,14-17,20,25-28H2,1-2H3,(H,46,47). The van der Waals surface area contributed by atoms with E-state index >= 15 is 0 Å². The maximum absolute atomic E-state index is 11.4. The van der Waals surface area contributed by atoms with Crippen LogP contribution in [0.3, 0.4) is 0 Å². The number of aliphatic carboxylic acids is 1. The van der Waals surface area contributed by atoms with Crippen LogP contribution in [-0.2, 0) is 17.6 Å². The van der Waals surface area contributed by atoms with Crippen molar-refractivity contribution >= 4 is 5.97 Å². The van der Waals surface area contributed by atoms with Gasteiger partial charge in [-0.1, -0.05) is 93.6 Å². The molecule has 9 heteroatoms. The van der Waals surface area contributed by atoms with Gasteiger partial charge in [0.15, 0.2) is 0 Å². The fourth-order valence-electron chi connectivity index (χ4n) is 5.85. The number of phenolic OH excluding ortho intramolecular Hbond substituents is 1. The number of benzene rings is 2. The van der Waals surface area contributed by atoms with Crippen LogP contribution < -0.4 is 5.32 Å². The summed E-state index contributed by atoms with van der Waals surface area (Å²) in [5.41, 5.74) is 2.55. The van der Waals surface area contributed by atoms with Crippen LogP contribution in [0, 0.1) is 0 Å². The maximum atomic E-state index is 11.4. The number of aromatic hydroxyl groups is 1. The normalized spacial score (nSPS) is 16.2. The lowest BCUT2D eigenvalue weighted by atomic mass is 9.87. The minimum Gasteiger partial charge on any atom is -0.508 e. The molecule has 0 radical (unpaired) electrons. The zero-order chi connectivity index (χ0) is 35.4. The first-order valence-corrected chi connectivity index (χ1v) is 17.5. The smallest absolute Gasteiger partial charge is 0.303 e. The molecule has 5 unspecified atom stereocenters. The lowest BCUT2D eigenvalue weighted by molar-refractivity contribution is -0.137. The van der Waals surface area contributed by atoms with E-state index in [1.165, 1.54) is 0 Å². The Bertz CT molecular complexity index is 1230. The van der Waals surface area contributed by atoms with Gasteiger partial charge in [0, 0.05) is 25.4 Å². The van der Waals surface area contributed by atoms with Crippen LogP contribution >= 0.6 is 0 Å². The summed E-state index contributed by atoms with van der Waals surface area (Å²) >= 11 is 0. The Balaban J connectivity index is 2.47. The molecule has 0 bridgehead atoms. The number of nitrogens with one attached hydrogen (secondary N) is 1. The van der Waals surface area contributed by atoms with E-state index in [1.807, 2.05) is 43.3 Å². The first kappa shape index (κ1) is 41.1. The van der Waals surface area contributed by atoms with Crippen molar-refractivity contribution in [2.24, 2.45) is 0 Å². The Morgan fingerprint density at radius 3 is 2.23 bits per heavy atom. The molecular weight excluding hydrogens is 610 g/mol. The summed E-state index contributed by atoms with van der Waals surface area (Å²) < 4.78 is 0. The Kier molecular flexibility index (Phi) is 19.3. The Hall–Kier alpha value is -3.05. The third-order valence-corrected chi connectivity index (χ3v) is 8.65. The minimum absolute atomic E-state index is 0.122. The number of allylic oxidation sites excluding steroid dienone is 2. The van der Waals surface area contributed by atoms with Crippen molar-refractivity contribution in [2.75, 3.05) is 13.2 Å². The molecule has 48 heavy (non-hydrogen) atoms. The van der Waals surface area contributed by atoms with Gasteiger partial charge in [0.2, 0.25) is 0 Å². The van der Waals surface area contributed by atoms with Gasteiger partial charge in [0.1, 0.15) is 5.75 Å². The largest absolute Gasteiger partial charge is 0.508 e. The molecule has 268 valence electrons. The Morgan fingerprint density at radius 1 is 0.896 bits per heavy atom. The number of aliphatic hydroxyl groups excluding tert-OH is 4. The van der Waals surface area contributed by atoms with Crippen LogP contribution in [0.2, 0.25) is 0 Å². The fourth-order valence-corrected chi connectivity index (χ4v) is 5.85. The molecule has 0 amide bonds. The van der Waals surface area contributed by atoms with Crippen molar-refractivity contribution in [3.8, 4) is 5.75 Å². The molecule has 9 nitrogen and oxygen atoms in total. The van der Waals surface area contributed by atoms with Gasteiger partial charge >= 0.3 is 5.97 Å². The SMILES string of the molecule is CCCCC(O)C(O)C=CC(CCc1ccccc1)=C(CC(O)CO)C(CCCCCCC(=O)O)NCC(C)(O)Cc1ccc(O)cc1. The molecule has 0 spiro atoms. The predicted octanol–water partition coefficient (Wildman–Crippen LogP) is 5.21. The first-order chi connectivity index (χ1) is 22.9. The van der Waals surface area contributed by atoms with E-state index in [9.17, 15) is 35.4 Å². The predicted molar refractivity (Wildman–Crippen MR) is 190 cm³/mol. The number of hydrogen-bond donors (Lipinski definition) is 8. The Morgan fingerprint density at radius 2 is 1.58 bits per heavy atom. The zero-order valence-electron chi connectivity index (χ0n) is 28.8. The van der Waals surface area contributed by atoms with Gasteiger partial charge in [-0.2, -0.15) is 0 Å². The van der Waals surface area contributed by atoms with Crippen LogP contribution in [0.4, 0.5) is 0 Å². The number of aryl methyl sites for hydroxylation is 1. The quantitative estimate of drug-likeness (QED) is 0.0522. The fraction of sp³-hybridized carbons (Fsp3) is 0.564. The molecule has 0 saturated carbocycles. The molecular formula is C39H59NO8. The molecule has 8 N–H and O–H groups in total. The van der Waals surface area contributed by atoms with Gasteiger partial charge < -0.3 is 41.1 Å². The van der Waals surface area contributed by atoms with E-state index in [4.69, 9.17) is 5.11 Å². The van der Waals surface area contributed by atoms with Crippen molar-refractivity contribution in [1.82, 2.24) is 5.32 Å². The van der Waals surface area contributed by atoms with Crippen LogP contribution in [-0.4, -0.2) is 84.8 Å². The number of carboxylic acids is 1. The number of rotatable bonds is 25. The number of aliphatic hydroxyl groups is 5. The number of phenols is 1. The summed E-state index contributed by atoms with van der Waals surface area (Å²) in [6.45, 7) is 3.55. The van der Waals surface area contributed by atoms with Crippen LogP contribution in [0.25, 0.3) is 0 Å². The topological polar surface area (TPSA) is 171 Å². The van der Waals surface area contributed by atoms with Gasteiger partial charge in [-0.05, 0) is 79.9 Å². The molecule has 0 aliphatic heterocycles. The third kappa shape index (κ3) is 16.9. The van der Waals surface area contributed by atoms with Crippen molar-refractivity contribution < 1.29 is 40.5 Å². The first-order valence-electron chi connectivity index (χ1n) is 17.5. The van der Waals surface area contributed by atoms with Crippen LogP contribution in [0.5, 0.6) is 5.75 Å². The van der Waals surface area contributed by atoms with Crippen molar-refractivity contribution in [3.63, 3.8) is 0 Å². The number of carbonyl (C=O) groups is 1. The summed E-state index contributed by atoms with van der Waals surface area (Å²) in [5.74, 6) is -0.665. The minimum atomic E-state index is -1.16. The zero-order valence-corrected chi connectivity index (χ0v) is 28.8. The summed E-state index contributed by atoms with van der Waals surface area (Å²) in [6.07, 6.45) is 8.05. The van der Waals surface area contributed by atoms with E-state index < -0.39 is 36.5 Å². The molecule has 0 heterocycles. The van der Waals surface area contributed by atoms with Gasteiger partial charge in [0.05, 0.1) is 30.5 Å². The molecule has 2 aromatic carbocycles. The molecule has 0 aromatic heterocycles. The summed E-state index contributed by atoms with van der Waals surface area (Å²) in [6, 6.07) is 16.4. The number of carboxylic acid groups (broad SMARTS) is 1. The molecule has 2 rings (SSSR count). The number of hydrogen-bond acceptors (Lipinski definition) is 8. The molecule has 2 aromatic rings. The van der Waals surface area contributed by atoms with Crippen molar-refractivity contribution in [3.05, 3.63) is 89.0 Å². The molecule has 0 saturated heterocycles. The average molecular weight is 670 g/mol. The van der Waals surface area contributed by atoms with E-state index in [0.717, 1.165) is 54.4 Å². The van der Waals surface area contributed by atoms with Gasteiger partial charge in [-0.25, -0.2) is 0 Å². The molecule has 0 aliphatic rings. The third-order valence-electron chi connectivity index (χ3n) is 8.65. The average Bonchev–Trinajstić information content (AvgIpc) is 3.06. The molecule has 0 fully saturated rings. The van der Waals surface area contributed by atoms with Crippen molar-refractivity contribution in [2.45, 2.75) is 127 Å². The van der Waals surface area contributed by atoms with Crippen molar-refractivity contribution in [1.29, 1.82) is 0 Å². The van der Waals surface area contributed by atoms with E-state index in [2.05, 4.69) is 5.32 Å². The molecule has 0 aliphatic carbocycles. The van der Waals surface area contributed by atoms with E-state index in [1.54, 1.807) is 37.3 Å². The second-order valence-electron chi connectivity index (χ2n) is 13.3. The Labute approximate surface area is 286 Å². The van der Waals surface area contributed by atoms with E-state index in [0.29, 0.717) is 38.5 Å². The van der Waals surface area contributed by atoms with Crippen LogP contribution in [0.1, 0.15) is 95.6 Å². The van der Waals surface area contributed by atoms with Gasteiger partial charge in [-0.3, -0.25) is 4.79 Å². The lowest BCUT2D eigenvalue weighted by Crippen LogP contribution is -2.45. The second kappa shape index (κ2) is 22.6. The lowest BCUT2D eigenvalue weighted by Gasteiger charge is -2.31. The highest BCUT2D eigenvalue weighted by Gasteiger charge is 2.26. The number of unbranched alkanes of at least 4 members (excludes halogenated alkanes) is 4. The second-order valence-corrected chi connectivity index (χ2v) is 13.3. The van der Waals surface area contributed by atoms with Gasteiger partial charge in [0.25, 0.3) is 0 Å².